The summed E-state index contributed by atoms with van der Waals surface area (Å²) in [7, 11) is 0. The highest BCUT2D eigenvalue weighted by molar-refractivity contribution is 6.24. The molecule has 0 aromatic heterocycles. The lowest BCUT2D eigenvalue weighted by molar-refractivity contribution is 0.556. The monoisotopic (exact) mass is 300 g/mol. The van der Waals surface area contributed by atoms with Gasteiger partial charge in [-0.1, -0.05) is 45.4 Å². The van der Waals surface area contributed by atoms with Crippen LogP contribution in [-0.2, 0) is 0 Å². The molecule has 0 rings (SSSR count). The van der Waals surface area contributed by atoms with Crippen LogP contribution in [0.3, 0.4) is 0 Å². The van der Waals surface area contributed by atoms with E-state index in [1.807, 2.05) is 6.92 Å². The van der Waals surface area contributed by atoms with Crippen LogP contribution in [0.2, 0.25) is 0 Å². The standard InChI is InChI=1S/C14H27Cl3/c1-3-4-5-6-7-8-9-13(16)11-14(17)10-12(2)15/h12-14H,3-11H2,1-2H3. The first-order chi connectivity index (χ1) is 8.06. The van der Waals surface area contributed by atoms with Crippen LogP contribution in [0.1, 0.15) is 71.6 Å². The van der Waals surface area contributed by atoms with Crippen molar-refractivity contribution in [3.63, 3.8) is 0 Å². The number of halogens is 3. The highest BCUT2D eigenvalue weighted by Crippen LogP contribution is 2.22. The smallest absolute Gasteiger partial charge is 0.0364 e. The molecule has 0 aliphatic heterocycles. The Kier molecular flexibility index (Phi) is 12.5. The number of hydrogen-bond donors (Lipinski definition) is 0. The van der Waals surface area contributed by atoms with E-state index in [0.717, 1.165) is 19.3 Å². The molecule has 3 heteroatoms. The normalized spacial score (nSPS) is 16.8. The predicted octanol–water partition coefficient (Wildman–Crippen LogP) is 6.36. The second kappa shape index (κ2) is 11.9. The van der Waals surface area contributed by atoms with Crippen LogP contribution >= 0.6 is 34.8 Å². The summed E-state index contributed by atoms with van der Waals surface area (Å²) in [5, 5.41) is 0.500. The Morgan fingerprint density at radius 2 is 1.35 bits per heavy atom. The SMILES string of the molecule is CCCCCCCCC(Cl)CC(Cl)CC(C)Cl. The summed E-state index contributed by atoms with van der Waals surface area (Å²) in [4.78, 5) is 0. The molecule has 0 nitrogen and oxygen atoms in total. The van der Waals surface area contributed by atoms with Gasteiger partial charge < -0.3 is 0 Å². The molecule has 0 radical (unpaired) electrons. The third kappa shape index (κ3) is 13.1. The van der Waals surface area contributed by atoms with Crippen molar-refractivity contribution in [3.8, 4) is 0 Å². The molecule has 3 atom stereocenters. The molecule has 0 N–H and O–H groups in total. The molecular formula is C14H27Cl3. The third-order valence-corrected chi connectivity index (χ3v) is 3.89. The number of rotatable bonds is 11. The van der Waals surface area contributed by atoms with Gasteiger partial charge in [-0.05, 0) is 26.2 Å². The van der Waals surface area contributed by atoms with Gasteiger partial charge in [-0.25, -0.2) is 0 Å². The van der Waals surface area contributed by atoms with Crippen LogP contribution in [0.25, 0.3) is 0 Å². The predicted molar refractivity (Wildman–Crippen MR) is 81.8 cm³/mol. The number of alkyl halides is 3. The first-order valence-electron chi connectivity index (χ1n) is 6.98. The van der Waals surface area contributed by atoms with Crippen molar-refractivity contribution < 1.29 is 0 Å². The second-order valence-corrected chi connectivity index (χ2v) is 6.98. The van der Waals surface area contributed by atoms with E-state index >= 15 is 0 Å². The van der Waals surface area contributed by atoms with Gasteiger partial charge in [0, 0.05) is 16.1 Å². The summed E-state index contributed by atoms with van der Waals surface area (Å²) in [6.45, 7) is 4.22. The highest BCUT2D eigenvalue weighted by Gasteiger charge is 2.14. The largest absolute Gasteiger partial charge is 0.123 e. The lowest BCUT2D eigenvalue weighted by Gasteiger charge is -2.15. The average molecular weight is 302 g/mol. The molecule has 0 spiro atoms. The zero-order chi connectivity index (χ0) is 13.1. The Morgan fingerprint density at radius 1 is 0.765 bits per heavy atom. The summed E-state index contributed by atoms with van der Waals surface area (Å²) in [5.41, 5.74) is 0. The molecule has 0 fully saturated rings. The maximum Gasteiger partial charge on any atom is 0.0364 e. The lowest BCUT2D eigenvalue weighted by atomic mass is 10.0. The van der Waals surface area contributed by atoms with E-state index in [-0.39, 0.29) is 16.1 Å². The van der Waals surface area contributed by atoms with Crippen molar-refractivity contribution in [2.24, 2.45) is 0 Å². The minimum atomic E-state index is 0.130. The van der Waals surface area contributed by atoms with Gasteiger partial charge in [-0.2, -0.15) is 0 Å². The summed E-state index contributed by atoms with van der Waals surface area (Å²) in [6, 6.07) is 0. The van der Waals surface area contributed by atoms with E-state index < -0.39 is 0 Å². The fourth-order valence-electron chi connectivity index (χ4n) is 1.99. The molecule has 0 amide bonds. The molecule has 0 saturated carbocycles. The van der Waals surface area contributed by atoms with E-state index in [0.29, 0.717) is 0 Å². The first kappa shape index (κ1) is 17.9. The molecule has 0 aliphatic carbocycles. The molecule has 0 bridgehead atoms. The van der Waals surface area contributed by atoms with E-state index in [1.165, 1.54) is 38.5 Å². The Bertz CT molecular complexity index is 160. The minimum Gasteiger partial charge on any atom is -0.123 e. The van der Waals surface area contributed by atoms with E-state index in [2.05, 4.69) is 6.92 Å². The topological polar surface area (TPSA) is 0 Å². The fourth-order valence-corrected chi connectivity index (χ4v) is 3.24. The maximum atomic E-state index is 6.27. The third-order valence-electron chi connectivity index (χ3n) is 2.96. The molecule has 0 heterocycles. The van der Waals surface area contributed by atoms with Gasteiger partial charge in [-0.15, -0.1) is 34.8 Å². The zero-order valence-electron chi connectivity index (χ0n) is 11.2. The van der Waals surface area contributed by atoms with Crippen LogP contribution in [0, 0.1) is 0 Å². The van der Waals surface area contributed by atoms with Gasteiger partial charge in [0.1, 0.15) is 0 Å². The Morgan fingerprint density at radius 3 is 1.94 bits per heavy atom. The quantitative estimate of drug-likeness (QED) is 0.308. The van der Waals surface area contributed by atoms with Gasteiger partial charge in [0.15, 0.2) is 0 Å². The van der Waals surface area contributed by atoms with Crippen LogP contribution < -0.4 is 0 Å². The fraction of sp³-hybridized carbons (Fsp3) is 1.00. The molecule has 104 valence electrons. The van der Waals surface area contributed by atoms with Gasteiger partial charge in [0.25, 0.3) is 0 Å². The zero-order valence-corrected chi connectivity index (χ0v) is 13.5. The van der Waals surface area contributed by atoms with Crippen molar-refractivity contribution >= 4 is 34.8 Å². The van der Waals surface area contributed by atoms with Crippen LogP contribution in [0.15, 0.2) is 0 Å². The molecule has 0 aromatic carbocycles. The van der Waals surface area contributed by atoms with Crippen molar-refractivity contribution in [2.75, 3.05) is 0 Å². The van der Waals surface area contributed by atoms with Crippen molar-refractivity contribution in [1.82, 2.24) is 0 Å². The van der Waals surface area contributed by atoms with Crippen LogP contribution in [0.5, 0.6) is 0 Å². The summed E-state index contributed by atoms with van der Waals surface area (Å²) < 4.78 is 0. The van der Waals surface area contributed by atoms with Crippen LogP contribution in [-0.4, -0.2) is 16.1 Å². The Labute approximate surface area is 122 Å². The Balaban J connectivity index is 3.36. The molecule has 3 unspecified atom stereocenters. The molecule has 0 aromatic rings. The lowest BCUT2D eigenvalue weighted by Crippen LogP contribution is -2.12. The van der Waals surface area contributed by atoms with Crippen molar-refractivity contribution in [2.45, 2.75) is 87.8 Å². The summed E-state index contributed by atoms with van der Waals surface area (Å²) >= 11 is 18.4. The second-order valence-electron chi connectivity index (χ2n) is 5.00. The first-order valence-corrected chi connectivity index (χ1v) is 8.29. The van der Waals surface area contributed by atoms with E-state index in [4.69, 9.17) is 34.8 Å². The van der Waals surface area contributed by atoms with Crippen molar-refractivity contribution in [3.05, 3.63) is 0 Å². The van der Waals surface area contributed by atoms with E-state index in [1.54, 1.807) is 0 Å². The molecule has 0 saturated heterocycles. The van der Waals surface area contributed by atoms with Gasteiger partial charge >= 0.3 is 0 Å². The summed E-state index contributed by atoms with van der Waals surface area (Å²) in [6.07, 6.45) is 10.8. The minimum absolute atomic E-state index is 0.130. The Hall–Kier alpha value is 0.870. The van der Waals surface area contributed by atoms with Gasteiger partial charge in [-0.3, -0.25) is 0 Å². The highest BCUT2D eigenvalue weighted by atomic mass is 35.5. The number of hydrogen-bond acceptors (Lipinski definition) is 0. The average Bonchev–Trinajstić information content (AvgIpc) is 2.21. The van der Waals surface area contributed by atoms with Gasteiger partial charge in [0.05, 0.1) is 0 Å². The molecular weight excluding hydrogens is 275 g/mol. The van der Waals surface area contributed by atoms with Crippen molar-refractivity contribution in [1.29, 1.82) is 0 Å². The molecule has 0 aliphatic rings. The molecule has 17 heavy (non-hydrogen) atoms. The maximum absolute atomic E-state index is 6.27. The number of unbranched alkanes of at least 4 members (excludes halogenated alkanes) is 5. The van der Waals surface area contributed by atoms with E-state index in [9.17, 15) is 0 Å². The van der Waals surface area contributed by atoms with Crippen LogP contribution in [0.4, 0.5) is 0 Å². The summed E-state index contributed by atoms with van der Waals surface area (Å²) in [5.74, 6) is 0. The van der Waals surface area contributed by atoms with Gasteiger partial charge in [0.2, 0.25) is 0 Å².